The number of anilines is 1. The highest BCUT2D eigenvalue weighted by atomic mass is 19.1. The van der Waals surface area contributed by atoms with E-state index < -0.39 is 23.3 Å². The van der Waals surface area contributed by atoms with Crippen LogP contribution in [0.25, 0.3) is 0 Å². The Labute approximate surface area is 171 Å². The van der Waals surface area contributed by atoms with Gasteiger partial charge in [0.1, 0.15) is 12.4 Å². The second-order valence-electron chi connectivity index (χ2n) is 7.15. The summed E-state index contributed by atoms with van der Waals surface area (Å²) in [6, 6.07) is 13.5. The van der Waals surface area contributed by atoms with Gasteiger partial charge in [0.25, 0.3) is 5.91 Å². The molecule has 2 heterocycles. The second-order valence-corrected chi connectivity index (χ2v) is 7.15. The Hall–Kier alpha value is -3.75. The van der Waals surface area contributed by atoms with Gasteiger partial charge in [0.15, 0.2) is 0 Å². The predicted octanol–water partition coefficient (Wildman–Crippen LogP) is 1.79. The van der Waals surface area contributed by atoms with Gasteiger partial charge in [0.05, 0.1) is 0 Å². The van der Waals surface area contributed by atoms with Gasteiger partial charge in [-0.3, -0.25) is 14.2 Å². The molecule has 9 heteroatoms. The molecule has 2 amide bonds. The highest BCUT2D eigenvalue weighted by Gasteiger charge is 2.30. The van der Waals surface area contributed by atoms with Gasteiger partial charge in [0, 0.05) is 30.9 Å². The minimum Gasteiger partial charge on any atom is -0.330 e. The highest BCUT2D eigenvalue weighted by Crippen LogP contribution is 2.15. The Balaban J connectivity index is 1.50. The standard InChI is InChI=1S/C21H20FN5O3/c1-14-5-4-7-16(11-14)23-18(28)13-27-21(30)26-10-9-25(20(29)19(26)24-27)12-15-6-2-3-8-17(15)22/h2-8,11H,9-10,12-13H2,1H3,(H,23,28). The number of hydrogen-bond acceptors (Lipinski definition) is 4. The number of hydrogen-bond donors (Lipinski definition) is 1. The van der Waals surface area contributed by atoms with Crippen LogP contribution in [0.2, 0.25) is 0 Å². The predicted molar refractivity (Wildman–Crippen MR) is 107 cm³/mol. The van der Waals surface area contributed by atoms with Gasteiger partial charge in [-0.05, 0) is 30.7 Å². The number of rotatable bonds is 5. The van der Waals surface area contributed by atoms with E-state index in [0.29, 0.717) is 11.3 Å². The summed E-state index contributed by atoms with van der Waals surface area (Å²) in [5.41, 5.74) is 1.47. The Morgan fingerprint density at radius 1 is 1.13 bits per heavy atom. The first-order valence-electron chi connectivity index (χ1n) is 9.49. The van der Waals surface area contributed by atoms with Crippen LogP contribution in [0.3, 0.4) is 0 Å². The van der Waals surface area contributed by atoms with Crippen LogP contribution in [0.5, 0.6) is 0 Å². The van der Waals surface area contributed by atoms with Gasteiger partial charge < -0.3 is 10.2 Å². The fourth-order valence-electron chi connectivity index (χ4n) is 3.41. The maximum absolute atomic E-state index is 13.9. The van der Waals surface area contributed by atoms with E-state index in [2.05, 4.69) is 10.4 Å². The Bertz CT molecular complexity index is 1180. The average molecular weight is 409 g/mol. The molecule has 0 radical (unpaired) electrons. The van der Waals surface area contributed by atoms with Crippen LogP contribution in [-0.2, 0) is 24.4 Å². The van der Waals surface area contributed by atoms with Crippen molar-refractivity contribution in [3.8, 4) is 0 Å². The fraction of sp³-hybridized carbons (Fsp3) is 0.238. The van der Waals surface area contributed by atoms with Crippen molar-refractivity contribution in [3.05, 3.63) is 81.8 Å². The number of nitrogens with zero attached hydrogens (tertiary/aromatic N) is 4. The lowest BCUT2D eigenvalue weighted by Gasteiger charge is -2.26. The Morgan fingerprint density at radius 2 is 1.93 bits per heavy atom. The van der Waals surface area contributed by atoms with Crippen LogP contribution in [0.1, 0.15) is 21.7 Å². The molecule has 0 spiro atoms. The largest absolute Gasteiger partial charge is 0.346 e. The maximum Gasteiger partial charge on any atom is 0.346 e. The number of carbonyl (C=O) groups excluding carboxylic acids is 2. The molecule has 0 saturated heterocycles. The molecule has 154 valence electrons. The van der Waals surface area contributed by atoms with Gasteiger partial charge in [0.2, 0.25) is 11.7 Å². The van der Waals surface area contributed by atoms with Gasteiger partial charge in [-0.25, -0.2) is 13.9 Å². The molecule has 2 aromatic carbocycles. The number of carbonyl (C=O) groups is 2. The van der Waals surface area contributed by atoms with Crippen molar-refractivity contribution >= 4 is 17.5 Å². The fourth-order valence-corrected chi connectivity index (χ4v) is 3.41. The highest BCUT2D eigenvalue weighted by molar-refractivity contribution is 5.92. The third kappa shape index (κ3) is 3.86. The first kappa shape index (κ1) is 19.6. The second kappa shape index (κ2) is 7.94. The molecule has 4 rings (SSSR count). The van der Waals surface area contributed by atoms with Crippen LogP contribution < -0.4 is 11.0 Å². The van der Waals surface area contributed by atoms with E-state index in [9.17, 15) is 18.8 Å². The van der Waals surface area contributed by atoms with E-state index in [0.717, 1.165) is 10.2 Å². The van der Waals surface area contributed by atoms with Crippen LogP contribution in [0.4, 0.5) is 10.1 Å². The smallest absolute Gasteiger partial charge is 0.330 e. The lowest BCUT2D eigenvalue weighted by molar-refractivity contribution is -0.117. The number of amides is 2. The van der Waals surface area contributed by atoms with E-state index in [1.165, 1.54) is 15.5 Å². The summed E-state index contributed by atoms with van der Waals surface area (Å²) in [5.74, 6) is -1.34. The quantitative estimate of drug-likeness (QED) is 0.696. The van der Waals surface area contributed by atoms with E-state index >= 15 is 0 Å². The minimum absolute atomic E-state index is 0.0501. The topological polar surface area (TPSA) is 89.2 Å². The van der Waals surface area contributed by atoms with Crippen molar-refractivity contribution in [1.29, 1.82) is 0 Å². The molecule has 0 bridgehead atoms. The normalized spacial score (nSPS) is 13.3. The molecule has 8 nitrogen and oxygen atoms in total. The molecular formula is C21H20FN5O3. The molecule has 1 N–H and O–H groups in total. The first-order chi connectivity index (χ1) is 14.4. The summed E-state index contributed by atoms with van der Waals surface area (Å²) in [6.07, 6.45) is 0. The van der Waals surface area contributed by atoms with Gasteiger partial charge >= 0.3 is 5.69 Å². The van der Waals surface area contributed by atoms with Crippen molar-refractivity contribution in [1.82, 2.24) is 19.2 Å². The zero-order valence-electron chi connectivity index (χ0n) is 16.3. The molecule has 0 saturated carbocycles. The zero-order chi connectivity index (χ0) is 21.3. The van der Waals surface area contributed by atoms with Crippen molar-refractivity contribution in [2.45, 2.75) is 26.6 Å². The summed E-state index contributed by atoms with van der Waals surface area (Å²) in [5, 5.41) is 6.78. The molecule has 0 unspecified atom stereocenters. The monoisotopic (exact) mass is 409 g/mol. The van der Waals surface area contributed by atoms with Crippen molar-refractivity contribution in [2.75, 3.05) is 11.9 Å². The zero-order valence-corrected chi connectivity index (χ0v) is 16.3. The maximum atomic E-state index is 13.9. The van der Waals surface area contributed by atoms with E-state index in [4.69, 9.17) is 0 Å². The summed E-state index contributed by atoms with van der Waals surface area (Å²) < 4.78 is 16.2. The molecule has 1 aromatic heterocycles. The third-order valence-electron chi connectivity index (χ3n) is 4.91. The molecule has 30 heavy (non-hydrogen) atoms. The Kier molecular flexibility index (Phi) is 5.18. The van der Waals surface area contributed by atoms with Gasteiger partial charge in [-0.15, -0.1) is 5.10 Å². The molecular weight excluding hydrogens is 389 g/mol. The van der Waals surface area contributed by atoms with E-state index in [1.807, 2.05) is 25.1 Å². The number of benzene rings is 2. The van der Waals surface area contributed by atoms with E-state index in [-0.39, 0.29) is 32.0 Å². The number of fused-ring (bicyclic) bond motifs is 1. The van der Waals surface area contributed by atoms with E-state index in [1.54, 1.807) is 24.3 Å². The number of halogens is 1. The van der Waals surface area contributed by atoms with Crippen LogP contribution in [0.15, 0.2) is 53.3 Å². The van der Waals surface area contributed by atoms with Crippen LogP contribution >= 0.6 is 0 Å². The van der Waals surface area contributed by atoms with Crippen molar-refractivity contribution in [2.24, 2.45) is 0 Å². The van der Waals surface area contributed by atoms with Crippen LogP contribution in [-0.4, -0.2) is 37.6 Å². The molecule has 0 atom stereocenters. The molecule has 1 aliphatic rings. The van der Waals surface area contributed by atoms with Gasteiger partial charge in [-0.2, -0.15) is 0 Å². The molecule has 0 aliphatic carbocycles. The van der Waals surface area contributed by atoms with Gasteiger partial charge in [-0.1, -0.05) is 30.3 Å². The summed E-state index contributed by atoms with van der Waals surface area (Å²) >= 11 is 0. The van der Waals surface area contributed by atoms with Crippen molar-refractivity contribution in [3.63, 3.8) is 0 Å². The lowest BCUT2D eigenvalue weighted by atomic mass is 10.2. The molecule has 0 fully saturated rings. The first-order valence-corrected chi connectivity index (χ1v) is 9.49. The summed E-state index contributed by atoms with van der Waals surface area (Å²) in [4.78, 5) is 39.1. The minimum atomic E-state index is -0.525. The number of nitrogens with one attached hydrogen (secondary N) is 1. The SMILES string of the molecule is Cc1cccc(NC(=O)Cn2nc3n(c2=O)CCN(Cc2ccccc2F)C3=O)c1. The third-order valence-corrected chi connectivity index (χ3v) is 4.91. The Morgan fingerprint density at radius 3 is 2.70 bits per heavy atom. The van der Waals surface area contributed by atoms with Crippen molar-refractivity contribution < 1.29 is 14.0 Å². The number of aromatic nitrogens is 3. The summed E-state index contributed by atoms with van der Waals surface area (Å²) in [7, 11) is 0. The van der Waals surface area contributed by atoms with Crippen LogP contribution in [0, 0.1) is 12.7 Å². The lowest BCUT2D eigenvalue weighted by Crippen LogP contribution is -2.42. The summed E-state index contributed by atoms with van der Waals surface area (Å²) in [6.45, 7) is 2.16. The number of aryl methyl sites for hydroxylation is 1. The molecule has 1 aliphatic heterocycles. The average Bonchev–Trinajstić information content (AvgIpc) is 3.02. The molecule has 3 aromatic rings.